The fourth-order valence-corrected chi connectivity index (χ4v) is 0.385. The van der Waals surface area contributed by atoms with Crippen molar-refractivity contribution in [2.75, 3.05) is 5.73 Å². The van der Waals surface area contributed by atoms with Gasteiger partial charge in [-0.25, -0.2) is 4.98 Å². The van der Waals surface area contributed by atoms with Crippen molar-refractivity contribution < 1.29 is 0 Å². The normalized spacial score (nSPS) is 8.00. The van der Waals surface area contributed by atoms with E-state index in [1.807, 2.05) is 0 Å². The van der Waals surface area contributed by atoms with Gasteiger partial charge in [0.1, 0.15) is 0 Å². The molecular weight excluding hydrogens is 142 g/mol. The van der Waals surface area contributed by atoms with E-state index < -0.39 is 0 Å². The molecule has 0 radical (unpaired) electrons. The van der Waals surface area contributed by atoms with Crippen LogP contribution in [0.15, 0.2) is 17.1 Å². The lowest BCUT2D eigenvalue weighted by Crippen LogP contribution is -2.07. The highest BCUT2D eigenvalue weighted by Gasteiger charge is 1.81. The van der Waals surface area contributed by atoms with Gasteiger partial charge in [-0.2, -0.15) is 0 Å². The highest BCUT2D eigenvalue weighted by atomic mass is 35.5. The number of nitrogens with zero attached hydrogens (tertiary/aromatic N) is 1. The summed E-state index contributed by atoms with van der Waals surface area (Å²) >= 11 is 0. The fraction of sp³-hybridized carbons (Fsp3) is 0. The molecule has 4 nitrogen and oxygen atoms in total. The largest absolute Gasteiger partial charge is 0.369 e. The van der Waals surface area contributed by atoms with Gasteiger partial charge in [-0.05, 0) is 0 Å². The maximum atomic E-state index is 10.3. The molecule has 0 aliphatic heterocycles. The molecule has 3 N–H and O–H groups in total. The Morgan fingerprint density at radius 2 is 2.33 bits per heavy atom. The number of aromatic amines is 1. The molecule has 0 saturated carbocycles. The third kappa shape index (κ3) is 2.14. The number of anilines is 1. The standard InChI is InChI=1S/C4H5N3O.ClH/c5-4-6-2-1-3(8)7-4;/h1-2H,(H3,5,6,7,8);1H. The lowest BCUT2D eigenvalue weighted by Gasteiger charge is -1.84. The maximum absolute atomic E-state index is 10.3. The molecule has 0 aliphatic rings. The summed E-state index contributed by atoms with van der Waals surface area (Å²) in [6, 6.07) is 1.30. The quantitative estimate of drug-likeness (QED) is 0.533. The molecule has 1 aromatic heterocycles. The summed E-state index contributed by atoms with van der Waals surface area (Å²) in [5.41, 5.74) is 4.87. The van der Waals surface area contributed by atoms with Crippen LogP contribution in [0.2, 0.25) is 0 Å². The summed E-state index contributed by atoms with van der Waals surface area (Å²) in [7, 11) is 0. The van der Waals surface area contributed by atoms with Crippen molar-refractivity contribution in [3.8, 4) is 0 Å². The summed E-state index contributed by atoms with van der Waals surface area (Å²) in [5, 5.41) is 0. The molecule has 1 aromatic rings. The number of H-pyrrole nitrogens is 1. The second-order valence-corrected chi connectivity index (χ2v) is 1.32. The van der Waals surface area contributed by atoms with Gasteiger partial charge in [0, 0.05) is 12.3 Å². The van der Waals surface area contributed by atoms with E-state index in [0.717, 1.165) is 0 Å². The number of nitrogens with one attached hydrogen (secondary N) is 1. The smallest absolute Gasteiger partial charge is 0.252 e. The Morgan fingerprint density at radius 3 is 2.67 bits per heavy atom. The van der Waals surface area contributed by atoms with Crippen LogP contribution in [0.5, 0.6) is 0 Å². The molecule has 50 valence electrons. The average molecular weight is 148 g/mol. The van der Waals surface area contributed by atoms with Crippen molar-refractivity contribution in [1.29, 1.82) is 0 Å². The maximum Gasteiger partial charge on any atom is 0.252 e. The van der Waals surface area contributed by atoms with Crippen molar-refractivity contribution in [3.63, 3.8) is 0 Å². The highest BCUT2D eigenvalue weighted by Crippen LogP contribution is 1.76. The Bertz CT molecular complexity index is 233. The molecule has 9 heavy (non-hydrogen) atoms. The number of hydrogen-bond acceptors (Lipinski definition) is 3. The first-order chi connectivity index (χ1) is 3.79. The second-order valence-electron chi connectivity index (χ2n) is 1.32. The van der Waals surface area contributed by atoms with Gasteiger partial charge in [-0.3, -0.25) is 9.78 Å². The Labute approximate surface area is 57.5 Å². The molecule has 0 spiro atoms. The first-order valence-corrected chi connectivity index (χ1v) is 2.10. The minimum atomic E-state index is -0.225. The van der Waals surface area contributed by atoms with Crippen LogP contribution in [0.4, 0.5) is 5.95 Å². The molecule has 0 atom stereocenters. The molecular formula is C4H6ClN3O. The molecule has 0 unspecified atom stereocenters. The monoisotopic (exact) mass is 147 g/mol. The zero-order valence-electron chi connectivity index (χ0n) is 4.50. The van der Waals surface area contributed by atoms with Crippen LogP contribution in [0.1, 0.15) is 0 Å². The summed E-state index contributed by atoms with van der Waals surface area (Å²) < 4.78 is 0. The third-order valence-corrected chi connectivity index (χ3v) is 0.691. The van der Waals surface area contributed by atoms with E-state index in [2.05, 4.69) is 9.97 Å². The number of aromatic nitrogens is 2. The van der Waals surface area contributed by atoms with E-state index in [0.29, 0.717) is 0 Å². The van der Waals surface area contributed by atoms with Gasteiger partial charge in [-0.1, -0.05) is 0 Å². The van der Waals surface area contributed by atoms with E-state index >= 15 is 0 Å². The van der Waals surface area contributed by atoms with Crippen molar-refractivity contribution in [2.24, 2.45) is 0 Å². The third-order valence-electron chi connectivity index (χ3n) is 0.691. The Kier molecular flexibility index (Phi) is 2.73. The zero-order valence-corrected chi connectivity index (χ0v) is 5.31. The van der Waals surface area contributed by atoms with Crippen molar-refractivity contribution in [2.45, 2.75) is 0 Å². The van der Waals surface area contributed by atoms with Crippen LogP contribution in [-0.4, -0.2) is 9.97 Å². The molecule has 0 amide bonds. The van der Waals surface area contributed by atoms with Crippen LogP contribution in [0, 0.1) is 0 Å². The number of rotatable bonds is 0. The average Bonchev–Trinajstić information content (AvgIpc) is 1.64. The van der Waals surface area contributed by atoms with Gasteiger partial charge in [0.2, 0.25) is 0 Å². The summed E-state index contributed by atoms with van der Waals surface area (Å²) in [6.45, 7) is 0. The summed E-state index contributed by atoms with van der Waals surface area (Å²) in [6.07, 6.45) is 1.36. The van der Waals surface area contributed by atoms with E-state index in [1.165, 1.54) is 12.3 Å². The van der Waals surface area contributed by atoms with Gasteiger partial charge in [-0.15, -0.1) is 12.4 Å². The Morgan fingerprint density at radius 1 is 1.67 bits per heavy atom. The van der Waals surface area contributed by atoms with Crippen molar-refractivity contribution in [1.82, 2.24) is 9.97 Å². The first kappa shape index (κ1) is 7.97. The van der Waals surface area contributed by atoms with E-state index in [1.54, 1.807) is 0 Å². The van der Waals surface area contributed by atoms with Gasteiger partial charge >= 0.3 is 0 Å². The number of hydrogen-bond donors (Lipinski definition) is 2. The van der Waals surface area contributed by atoms with Crippen LogP contribution in [-0.2, 0) is 0 Å². The first-order valence-electron chi connectivity index (χ1n) is 2.10. The molecule has 1 rings (SSSR count). The SMILES string of the molecule is Cl.Nc1nccc(=O)[nH]1. The lowest BCUT2D eigenvalue weighted by molar-refractivity contribution is 1.14. The Balaban J connectivity index is 0.000000640. The number of halogens is 1. The summed E-state index contributed by atoms with van der Waals surface area (Å²) in [5.74, 6) is 0.150. The molecule has 0 saturated heterocycles. The predicted molar refractivity (Wildman–Crippen MR) is 36.5 cm³/mol. The molecule has 5 heteroatoms. The molecule has 0 aromatic carbocycles. The van der Waals surface area contributed by atoms with E-state index in [9.17, 15) is 4.79 Å². The second kappa shape index (κ2) is 3.09. The van der Waals surface area contributed by atoms with Crippen LogP contribution < -0.4 is 11.3 Å². The van der Waals surface area contributed by atoms with Crippen molar-refractivity contribution in [3.05, 3.63) is 22.6 Å². The van der Waals surface area contributed by atoms with Gasteiger partial charge in [0.05, 0.1) is 0 Å². The number of nitrogen functional groups attached to an aromatic ring is 1. The van der Waals surface area contributed by atoms with E-state index in [4.69, 9.17) is 5.73 Å². The molecule has 0 bridgehead atoms. The fourth-order valence-electron chi connectivity index (χ4n) is 0.385. The lowest BCUT2D eigenvalue weighted by atomic mass is 10.7. The molecule has 1 heterocycles. The topological polar surface area (TPSA) is 71.8 Å². The highest BCUT2D eigenvalue weighted by molar-refractivity contribution is 5.85. The predicted octanol–water partition coefficient (Wildman–Crippen LogP) is -0.226. The zero-order chi connectivity index (χ0) is 5.98. The molecule has 0 fully saturated rings. The van der Waals surface area contributed by atoms with Crippen LogP contribution >= 0.6 is 12.4 Å². The number of nitrogens with two attached hydrogens (primary N) is 1. The minimum Gasteiger partial charge on any atom is -0.369 e. The van der Waals surface area contributed by atoms with Crippen LogP contribution in [0.3, 0.4) is 0 Å². The minimum absolute atomic E-state index is 0. The van der Waals surface area contributed by atoms with Crippen molar-refractivity contribution >= 4 is 18.4 Å². The van der Waals surface area contributed by atoms with Crippen LogP contribution in [0.25, 0.3) is 0 Å². The summed E-state index contributed by atoms with van der Waals surface area (Å²) in [4.78, 5) is 16.2. The van der Waals surface area contributed by atoms with E-state index in [-0.39, 0.29) is 23.9 Å². The van der Waals surface area contributed by atoms with Gasteiger partial charge < -0.3 is 5.73 Å². The Hall–Kier alpha value is -1.03. The molecule has 0 aliphatic carbocycles. The van der Waals surface area contributed by atoms with Gasteiger partial charge in [0.25, 0.3) is 5.56 Å². The van der Waals surface area contributed by atoms with Gasteiger partial charge in [0.15, 0.2) is 5.95 Å².